The summed E-state index contributed by atoms with van der Waals surface area (Å²) in [5, 5.41) is 20.7. The fourth-order valence-electron chi connectivity index (χ4n) is 4.76. The monoisotopic (exact) mass is 468 g/mol. The molecule has 9 nitrogen and oxygen atoms in total. The van der Waals surface area contributed by atoms with Gasteiger partial charge in [0, 0.05) is 29.7 Å². The van der Waals surface area contributed by atoms with Crippen molar-refractivity contribution in [2.24, 2.45) is 0 Å². The highest BCUT2D eigenvalue weighted by atomic mass is 32.2. The second kappa shape index (κ2) is 7.27. The van der Waals surface area contributed by atoms with Crippen LogP contribution in [0, 0.1) is 0 Å². The van der Waals surface area contributed by atoms with Crippen molar-refractivity contribution in [2.75, 3.05) is 6.61 Å². The van der Waals surface area contributed by atoms with Gasteiger partial charge in [-0.2, -0.15) is 8.42 Å². The first kappa shape index (κ1) is 21.4. The number of benzene rings is 2. The number of hydrogen-bond acceptors (Lipinski definition) is 6. The highest BCUT2D eigenvalue weighted by Crippen LogP contribution is 2.44. The van der Waals surface area contributed by atoms with Crippen molar-refractivity contribution in [1.82, 2.24) is 9.80 Å². The minimum atomic E-state index is -5.00. The molecule has 0 saturated carbocycles. The molecule has 0 aromatic heterocycles. The Bertz CT molecular complexity index is 1380. The van der Waals surface area contributed by atoms with E-state index in [9.17, 15) is 32.8 Å². The second-order valence-corrected chi connectivity index (χ2v) is 9.87. The third-order valence-corrected chi connectivity index (χ3v) is 7.82. The van der Waals surface area contributed by atoms with Crippen molar-refractivity contribution in [3.63, 3.8) is 0 Å². The van der Waals surface area contributed by atoms with Crippen LogP contribution in [0.2, 0.25) is 0 Å². The molecule has 5 rings (SSSR count). The van der Waals surface area contributed by atoms with E-state index in [-0.39, 0.29) is 24.4 Å². The molecule has 2 amide bonds. The second-order valence-electron chi connectivity index (χ2n) is 8.22. The third-order valence-electron chi connectivity index (χ3n) is 6.44. The summed E-state index contributed by atoms with van der Waals surface area (Å²) in [6.45, 7) is -0.800. The minimum absolute atomic E-state index is 0.0723. The fraction of sp³-hybridized carbons (Fsp3) is 0.217. The standard InChI is InChI=1S/C23H20N2O7S/c26-13-16-9-23(33(30,31)32,25-12-15-6-2-4-8-18(15)22(25)29)10-19(20(16)27)24-11-14-5-1-3-7-17(14)21(24)28/h1-9,26-27H,10-13H2,(H,30,31,32). The van der Waals surface area contributed by atoms with Gasteiger partial charge in [-0.3, -0.25) is 14.1 Å². The molecular weight excluding hydrogens is 448 g/mol. The molecule has 3 N–H and O–H groups in total. The molecule has 0 fully saturated rings. The summed E-state index contributed by atoms with van der Waals surface area (Å²) in [6.07, 6.45) is 0.430. The van der Waals surface area contributed by atoms with Crippen LogP contribution in [0.4, 0.5) is 0 Å². The Kier molecular flexibility index (Phi) is 4.71. The number of carbonyl (C=O) groups is 2. The van der Waals surface area contributed by atoms with Crippen LogP contribution in [0.1, 0.15) is 38.3 Å². The number of amides is 2. The SMILES string of the molecule is O=C1c2ccccc2CN1C1=C(O)C(CO)=CC(N2Cc3ccccc3C2=O)(S(=O)(=O)O)C1. The Morgan fingerprint density at radius 2 is 1.48 bits per heavy atom. The molecule has 1 unspecified atom stereocenters. The smallest absolute Gasteiger partial charge is 0.293 e. The maximum absolute atomic E-state index is 13.2. The van der Waals surface area contributed by atoms with Crippen LogP contribution in [0.5, 0.6) is 0 Å². The highest BCUT2D eigenvalue weighted by molar-refractivity contribution is 7.87. The van der Waals surface area contributed by atoms with Crippen molar-refractivity contribution in [1.29, 1.82) is 0 Å². The Balaban J connectivity index is 1.64. The first-order chi connectivity index (χ1) is 15.7. The summed E-state index contributed by atoms with van der Waals surface area (Å²) < 4.78 is 36.1. The third kappa shape index (κ3) is 3.02. The van der Waals surface area contributed by atoms with Gasteiger partial charge in [-0.05, 0) is 29.3 Å². The van der Waals surface area contributed by atoms with Gasteiger partial charge in [-0.1, -0.05) is 36.4 Å². The maximum Gasteiger partial charge on any atom is 0.293 e. The van der Waals surface area contributed by atoms with Crippen LogP contribution in [-0.4, -0.2) is 56.3 Å². The average molecular weight is 468 g/mol. The van der Waals surface area contributed by atoms with Crippen molar-refractivity contribution >= 4 is 21.9 Å². The zero-order chi connectivity index (χ0) is 23.5. The number of hydrogen-bond donors (Lipinski definition) is 3. The molecule has 2 aromatic carbocycles. The summed E-state index contributed by atoms with van der Waals surface area (Å²) in [6, 6.07) is 13.4. The van der Waals surface area contributed by atoms with Gasteiger partial charge >= 0.3 is 0 Å². The van der Waals surface area contributed by atoms with Crippen LogP contribution in [0.25, 0.3) is 0 Å². The summed E-state index contributed by atoms with van der Waals surface area (Å²) in [7, 11) is -5.00. The molecule has 0 radical (unpaired) electrons. The van der Waals surface area contributed by atoms with E-state index in [1.54, 1.807) is 48.5 Å². The topological polar surface area (TPSA) is 135 Å². The van der Waals surface area contributed by atoms with Gasteiger partial charge in [-0.25, -0.2) is 0 Å². The molecule has 0 saturated heterocycles. The Morgan fingerprint density at radius 3 is 2.03 bits per heavy atom. The van der Waals surface area contributed by atoms with Gasteiger partial charge in [0.25, 0.3) is 21.9 Å². The fourth-order valence-corrected chi connectivity index (χ4v) is 5.79. The van der Waals surface area contributed by atoms with Gasteiger partial charge < -0.3 is 20.0 Å². The van der Waals surface area contributed by atoms with Gasteiger partial charge in [0.15, 0.2) is 4.87 Å². The maximum atomic E-state index is 13.2. The summed E-state index contributed by atoms with van der Waals surface area (Å²) in [4.78, 5) is 26.2. The van der Waals surface area contributed by atoms with Crippen LogP contribution >= 0.6 is 0 Å². The first-order valence-electron chi connectivity index (χ1n) is 10.2. The molecule has 1 atom stereocenters. The molecule has 0 bridgehead atoms. The number of aliphatic hydroxyl groups is 2. The lowest BCUT2D eigenvalue weighted by Crippen LogP contribution is -2.55. The number of fused-ring (bicyclic) bond motifs is 2. The van der Waals surface area contributed by atoms with Crippen molar-refractivity contribution < 1.29 is 32.8 Å². The lowest BCUT2D eigenvalue weighted by molar-refractivity contribution is 0.0660. The van der Waals surface area contributed by atoms with E-state index in [0.29, 0.717) is 22.3 Å². The number of aliphatic hydroxyl groups excluding tert-OH is 2. The Labute approximate surface area is 189 Å². The van der Waals surface area contributed by atoms with Crippen LogP contribution in [-0.2, 0) is 23.2 Å². The molecule has 2 heterocycles. The Hall–Kier alpha value is -3.47. The van der Waals surface area contributed by atoms with E-state index in [0.717, 1.165) is 11.0 Å². The summed E-state index contributed by atoms with van der Waals surface area (Å²) >= 11 is 0. The quantitative estimate of drug-likeness (QED) is 0.584. The van der Waals surface area contributed by atoms with E-state index in [4.69, 9.17) is 0 Å². The molecule has 2 aromatic rings. The lowest BCUT2D eigenvalue weighted by Gasteiger charge is -2.41. The minimum Gasteiger partial charge on any atom is -0.506 e. The van der Waals surface area contributed by atoms with Gasteiger partial charge in [-0.15, -0.1) is 0 Å². The van der Waals surface area contributed by atoms with E-state index in [1.165, 1.54) is 4.90 Å². The summed E-state index contributed by atoms with van der Waals surface area (Å²) in [5.74, 6) is -1.53. The molecule has 170 valence electrons. The van der Waals surface area contributed by atoms with Crippen LogP contribution in [0.15, 0.2) is 71.6 Å². The van der Waals surface area contributed by atoms with Crippen molar-refractivity contribution in [3.05, 3.63) is 93.9 Å². The zero-order valence-electron chi connectivity index (χ0n) is 17.3. The molecule has 10 heteroatoms. The average Bonchev–Trinajstić information content (AvgIpc) is 3.31. The normalized spacial score (nSPS) is 22.5. The molecule has 3 aliphatic rings. The van der Waals surface area contributed by atoms with Crippen molar-refractivity contribution in [2.45, 2.75) is 24.4 Å². The Morgan fingerprint density at radius 1 is 0.909 bits per heavy atom. The zero-order valence-corrected chi connectivity index (χ0v) is 18.1. The van der Waals surface area contributed by atoms with Gasteiger partial charge in [0.05, 0.1) is 18.8 Å². The molecule has 33 heavy (non-hydrogen) atoms. The van der Waals surface area contributed by atoms with E-state index in [1.807, 2.05) is 0 Å². The van der Waals surface area contributed by atoms with Crippen molar-refractivity contribution in [3.8, 4) is 0 Å². The van der Waals surface area contributed by atoms with Crippen LogP contribution in [0.3, 0.4) is 0 Å². The first-order valence-corrected chi connectivity index (χ1v) is 11.6. The van der Waals surface area contributed by atoms with Crippen LogP contribution < -0.4 is 0 Å². The number of carbonyl (C=O) groups excluding carboxylic acids is 2. The van der Waals surface area contributed by atoms with E-state index in [2.05, 4.69) is 0 Å². The molecular formula is C23H20N2O7S. The molecule has 0 spiro atoms. The molecule has 1 aliphatic carbocycles. The number of rotatable bonds is 4. The largest absolute Gasteiger partial charge is 0.506 e. The number of nitrogens with zero attached hydrogens (tertiary/aromatic N) is 2. The molecule has 2 aliphatic heterocycles. The van der Waals surface area contributed by atoms with Gasteiger partial charge in [0.2, 0.25) is 0 Å². The van der Waals surface area contributed by atoms with E-state index >= 15 is 0 Å². The highest BCUT2D eigenvalue weighted by Gasteiger charge is 2.55. The summed E-state index contributed by atoms with van der Waals surface area (Å²) in [5.41, 5.74) is 1.66. The predicted molar refractivity (Wildman–Crippen MR) is 116 cm³/mol. The van der Waals surface area contributed by atoms with E-state index < -0.39 is 45.6 Å². The van der Waals surface area contributed by atoms with Gasteiger partial charge in [0.1, 0.15) is 5.76 Å². The predicted octanol–water partition coefficient (Wildman–Crippen LogP) is 1.97. The lowest BCUT2D eigenvalue weighted by atomic mass is 9.95.